The molecule has 0 fully saturated rings. The van der Waals surface area contributed by atoms with Gasteiger partial charge in [0.15, 0.2) is 0 Å². The third kappa shape index (κ3) is 11.4. The number of rotatable bonds is 22. The molecule has 242 valence electrons. The second-order valence-corrected chi connectivity index (χ2v) is 13.3. The van der Waals surface area contributed by atoms with Crippen LogP contribution in [0.3, 0.4) is 0 Å². The molecule has 0 aliphatic carbocycles. The fourth-order valence-corrected chi connectivity index (χ4v) is 6.99. The molecule has 0 unspecified atom stereocenters. The number of hydrogen-bond donors (Lipinski definition) is 2. The number of aryl methyl sites for hydroxylation is 3. The van der Waals surface area contributed by atoms with Crippen LogP contribution in [0.2, 0.25) is 5.02 Å². The van der Waals surface area contributed by atoms with Crippen LogP contribution in [-0.2, 0) is 25.7 Å². The predicted octanol–water partition coefficient (Wildman–Crippen LogP) is 12.3. The zero-order valence-corrected chi connectivity index (χ0v) is 28.3. The lowest BCUT2D eigenvalue weighted by atomic mass is 9.93. The van der Waals surface area contributed by atoms with E-state index in [1.165, 1.54) is 119 Å². The van der Waals surface area contributed by atoms with Crippen LogP contribution in [0, 0.1) is 0 Å². The van der Waals surface area contributed by atoms with E-state index < -0.39 is 5.97 Å². The molecule has 0 saturated heterocycles. The number of halogens is 1. The molecule has 4 heteroatoms. The van der Waals surface area contributed by atoms with Crippen molar-refractivity contribution in [3.8, 4) is 0 Å². The van der Waals surface area contributed by atoms with Gasteiger partial charge >= 0.3 is 5.97 Å². The Bertz CT molecular complexity index is 1440. The van der Waals surface area contributed by atoms with Crippen LogP contribution in [0.5, 0.6) is 0 Å². The summed E-state index contributed by atoms with van der Waals surface area (Å²) in [4.78, 5) is 15.6. The summed E-state index contributed by atoms with van der Waals surface area (Å²) in [5, 5.41) is 11.7. The number of aromatic amines is 1. The normalized spacial score (nSPS) is 11.4. The molecule has 0 radical (unpaired) electrons. The van der Waals surface area contributed by atoms with E-state index in [1.807, 2.05) is 36.4 Å². The Hall–Kier alpha value is -3.04. The van der Waals surface area contributed by atoms with E-state index in [0.717, 1.165) is 40.9 Å². The first-order valence-corrected chi connectivity index (χ1v) is 18.1. The highest BCUT2D eigenvalue weighted by atomic mass is 35.5. The Labute approximate surface area is 276 Å². The van der Waals surface area contributed by atoms with Crippen LogP contribution in [0.4, 0.5) is 0 Å². The second-order valence-electron chi connectivity index (χ2n) is 12.9. The maximum absolute atomic E-state index is 12.0. The molecule has 0 aliphatic heterocycles. The summed E-state index contributed by atoms with van der Waals surface area (Å²) in [7, 11) is 0. The van der Waals surface area contributed by atoms with Gasteiger partial charge in [0.1, 0.15) is 0 Å². The molecule has 2 N–H and O–H groups in total. The Balaban J connectivity index is 1.15. The van der Waals surface area contributed by atoms with E-state index in [0.29, 0.717) is 12.0 Å². The van der Waals surface area contributed by atoms with Gasteiger partial charge in [-0.1, -0.05) is 151 Å². The lowest BCUT2D eigenvalue weighted by Gasteiger charge is -2.11. The van der Waals surface area contributed by atoms with Crippen LogP contribution in [0.1, 0.15) is 142 Å². The van der Waals surface area contributed by atoms with E-state index in [1.54, 1.807) is 0 Å². The van der Waals surface area contributed by atoms with E-state index in [-0.39, 0.29) is 0 Å². The molecule has 0 amide bonds. The van der Waals surface area contributed by atoms with Crippen molar-refractivity contribution < 1.29 is 9.90 Å². The van der Waals surface area contributed by atoms with Gasteiger partial charge in [-0.3, -0.25) is 0 Å². The number of hydrogen-bond acceptors (Lipinski definition) is 1. The molecule has 4 aromatic rings. The summed E-state index contributed by atoms with van der Waals surface area (Å²) >= 11 is 6.52. The molecular formula is C41H54ClNO2. The number of carboxylic acids is 1. The van der Waals surface area contributed by atoms with Crippen molar-refractivity contribution in [2.24, 2.45) is 0 Å². The van der Waals surface area contributed by atoms with Gasteiger partial charge in [0, 0.05) is 21.6 Å². The van der Waals surface area contributed by atoms with Crippen LogP contribution in [-0.4, -0.2) is 16.1 Å². The fraction of sp³-hybridized carbons (Fsp3) is 0.488. The van der Waals surface area contributed by atoms with Crippen LogP contribution < -0.4 is 0 Å². The number of carboxylic acid groups (broad SMARTS) is 1. The summed E-state index contributed by atoms with van der Waals surface area (Å²) in [5.41, 5.74) is 7.47. The van der Waals surface area contributed by atoms with E-state index >= 15 is 0 Å². The van der Waals surface area contributed by atoms with E-state index in [4.69, 9.17) is 11.6 Å². The van der Waals surface area contributed by atoms with Gasteiger partial charge < -0.3 is 10.1 Å². The SMILES string of the molecule is CCCc1[nH]c2cc(C(=O)O)cc(Cc3ccccc3Cl)c2c1CCCCCCCCCCCCCCCCc1ccccc1. The van der Waals surface area contributed by atoms with Crippen molar-refractivity contribution >= 4 is 28.5 Å². The van der Waals surface area contributed by atoms with Crippen molar-refractivity contribution in [2.75, 3.05) is 0 Å². The zero-order valence-electron chi connectivity index (χ0n) is 27.5. The highest BCUT2D eigenvalue weighted by Gasteiger charge is 2.18. The summed E-state index contributed by atoms with van der Waals surface area (Å²) in [5.74, 6) is -0.893. The third-order valence-electron chi connectivity index (χ3n) is 9.24. The average Bonchev–Trinajstić information content (AvgIpc) is 3.39. The molecule has 1 heterocycles. The molecule has 3 nitrogen and oxygen atoms in total. The molecule has 3 aromatic carbocycles. The van der Waals surface area contributed by atoms with Gasteiger partial charge in [-0.15, -0.1) is 0 Å². The molecule has 0 spiro atoms. The number of nitrogens with one attached hydrogen (secondary N) is 1. The van der Waals surface area contributed by atoms with Gasteiger partial charge in [-0.05, 0) is 79.0 Å². The molecular weight excluding hydrogens is 574 g/mol. The topological polar surface area (TPSA) is 53.1 Å². The first kappa shape index (κ1) is 34.8. The van der Waals surface area contributed by atoms with Gasteiger partial charge in [-0.2, -0.15) is 0 Å². The largest absolute Gasteiger partial charge is 0.478 e. The fourth-order valence-electron chi connectivity index (χ4n) is 6.79. The van der Waals surface area contributed by atoms with Crippen molar-refractivity contribution in [1.82, 2.24) is 4.98 Å². The molecule has 0 atom stereocenters. The lowest BCUT2D eigenvalue weighted by Crippen LogP contribution is -2.00. The number of aromatic carboxylic acids is 1. The molecule has 0 aliphatic rings. The van der Waals surface area contributed by atoms with Crippen molar-refractivity contribution in [3.63, 3.8) is 0 Å². The van der Waals surface area contributed by atoms with Crippen LogP contribution in [0.25, 0.3) is 10.9 Å². The standard InChI is InChI=1S/C41H54ClNO2/c1-2-22-38-36(40-34(29-33-26-20-21-28-37(33)42)30-35(41(44)45)31-39(40)43-38)27-19-14-12-10-8-6-4-3-5-7-9-11-13-16-23-32-24-17-15-18-25-32/h15,17-18,20-21,24-26,28,30-31,43H,2-14,16,19,22-23,27,29H2,1H3,(H,44,45). The number of carbonyl (C=O) groups is 1. The smallest absolute Gasteiger partial charge is 0.335 e. The third-order valence-corrected chi connectivity index (χ3v) is 9.61. The molecule has 0 bridgehead atoms. The minimum Gasteiger partial charge on any atom is -0.478 e. The first-order chi connectivity index (χ1) is 22.1. The Morgan fingerprint density at radius 1 is 0.667 bits per heavy atom. The minimum absolute atomic E-state index is 0.329. The highest BCUT2D eigenvalue weighted by molar-refractivity contribution is 6.31. The molecule has 1 aromatic heterocycles. The maximum atomic E-state index is 12.0. The zero-order chi connectivity index (χ0) is 31.7. The van der Waals surface area contributed by atoms with Crippen LogP contribution >= 0.6 is 11.6 Å². The molecule has 4 rings (SSSR count). The monoisotopic (exact) mass is 627 g/mol. The summed E-state index contributed by atoms with van der Waals surface area (Å²) in [6.45, 7) is 2.21. The van der Waals surface area contributed by atoms with Crippen LogP contribution in [0.15, 0.2) is 66.7 Å². The van der Waals surface area contributed by atoms with Crippen molar-refractivity contribution in [3.05, 3.63) is 105 Å². The molecule has 45 heavy (non-hydrogen) atoms. The predicted molar refractivity (Wildman–Crippen MR) is 192 cm³/mol. The summed E-state index contributed by atoms with van der Waals surface area (Å²) < 4.78 is 0. The number of unbranched alkanes of at least 4 members (excludes halogenated alkanes) is 13. The lowest BCUT2D eigenvalue weighted by molar-refractivity contribution is 0.0697. The molecule has 0 saturated carbocycles. The summed E-state index contributed by atoms with van der Waals surface area (Å²) in [6, 6.07) is 22.4. The summed E-state index contributed by atoms with van der Waals surface area (Å²) in [6.07, 6.45) is 23.7. The average molecular weight is 628 g/mol. The number of aromatic nitrogens is 1. The van der Waals surface area contributed by atoms with E-state index in [9.17, 15) is 9.90 Å². The number of H-pyrrole nitrogens is 1. The number of fused-ring (bicyclic) bond motifs is 1. The Morgan fingerprint density at radius 3 is 1.80 bits per heavy atom. The second kappa shape index (κ2) is 19.5. The van der Waals surface area contributed by atoms with Gasteiger partial charge in [0.25, 0.3) is 0 Å². The quantitative estimate of drug-likeness (QED) is 0.0851. The van der Waals surface area contributed by atoms with Gasteiger partial charge in [0.05, 0.1) is 5.56 Å². The maximum Gasteiger partial charge on any atom is 0.335 e. The van der Waals surface area contributed by atoms with E-state index in [2.05, 4.69) is 42.2 Å². The highest BCUT2D eigenvalue weighted by Crippen LogP contribution is 2.33. The van der Waals surface area contributed by atoms with Gasteiger partial charge in [-0.25, -0.2) is 4.79 Å². The van der Waals surface area contributed by atoms with Crippen molar-refractivity contribution in [1.29, 1.82) is 0 Å². The van der Waals surface area contributed by atoms with Gasteiger partial charge in [0.2, 0.25) is 0 Å². The Morgan fingerprint density at radius 2 is 1.22 bits per heavy atom. The minimum atomic E-state index is -0.893. The first-order valence-electron chi connectivity index (χ1n) is 17.7. The van der Waals surface area contributed by atoms with Crippen molar-refractivity contribution in [2.45, 2.75) is 129 Å². The number of benzene rings is 3. The Kier molecular flexibility index (Phi) is 15.1.